The summed E-state index contributed by atoms with van der Waals surface area (Å²) >= 11 is 0. The van der Waals surface area contributed by atoms with Crippen LogP contribution in [-0.4, -0.2) is 7.11 Å². The van der Waals surface area contributed by atoms with Crippen LogP contribution in [0.5, 0.6) is 0 Å². The lowest BCUT2D eigenvalue weighted by molar-refractivity contribution is 0.149. The third-order valence-corrected chi connectivity index (χ3v) is 2.43. The molecule has 0 amide bonds. The van der Waals surface area contributed by atoms with E-state index >= 15 is 0 Å². The molecule has 1 atom stereocenters. The monoisotopic (exact) mass is 197 g/mol. The first-order valence-electron chi connectivity index (χ1n) is 4.76. The predicted molar refractivity (Wildman–Crippen MR) is 59.3 cm³/mol. The number of hydrogen-bond donors (Lipinski definition) is 0. The molecule has 0 N–H and O–H groups in total. The molecule has 0 aromatic heterocycles. The molecule has 0 aliphatic carbocycles. The molecule has 0 spiro atoms. The lowest BCUT2D eigenvalue weighted by Gasteiger charge is -2.07. The van der Waals surface area contributed by atoms with Gasteiger partial charge in [-0.1, -0.05) is 36.4 Å². The summed E-state index contributed by atoms with van der Waals surface area (Å²) < 4.78 is 5.07. The minimum atomic E-state index is -0.477. The van der Waals surface area contributed by atoms with Crippen LogP contribution in [0.25, 0.3) is 10.8 Å². The second-order valence-electron chi connectivity index (χ2n) is 3.35. The largest absolute Gasteiger partial charge is 0.362 e. The Morgan fingerprint density at radius 3 is 2.53 bits per heavy atom. The Hall–Kier alpha value is -1.85. The van der Waals surface area contributed by atoms with Gasteiger partial charge in [-0.05, 0) is 22.4 Å². The van der Waals surface area contributed by atoms with E-state index in [9.17, 15) is 0 Å². The van der Waals surface area contributed by atoms with Crippen LogP contribution in [0.2, 0.25) is 0 Å². The van der Waals surface area contributed by atoms with E-state index in [-0.39, 0.29) is 0 Å². The number of methoxy groups -OCH3 is 1. The Balaban J connectivity index is 2.52. The van der Waals surface area contributed by atoms with Gasteiger partial charge in [0.2, 0.25) is 0 Å². The molecule has 2 nitrogen and oxygen atoms in total. The highest BCUT2D eigenvalue weighted by molar-refractivity contribution is 5.83. The fraction of sp³-hybridized carbons (Fsp3) is 0.154. The van der Waals surface area contributed by atoms with Gasteiger partial charge in [0.15, 0.2) is 6.10 Å². The highest BCUT2D eigenvalue weighted by atomic mass is 16.5. The van der Waals surface area contributed by atoms with E-state index in [1.165, 1.54) is 5.39 Å². The quantitative estimate of drug-likeness (QED) is 0.741. The molecule has 2 rings (SSSR count). The van der Waals surface area contributed by atoms with Gasteiger partial charge in [-0.15, -0.1) is 0 Å². The van der Waals surface area contributed by atoms with Gasteiger partial charge in [-0.3, -0.25) is 0 Å². The van der Waals surface area contributed by atoms with Gasteiger partial charge in [0.1, 0.15) is 0 Å². The first kappa shape index (κ1) is 9.70. The average Bonchev–Trinajstić information content (AvgIpc) is 2.30. The van der Waals surface area contributed by atoms with Crippen LogP contribution in [0, 0.1) is 11.3 Å². The molecule has 0 aliphatic rings. The Kier molecular flexibility index (Phi) is 2.66. The summed E-state index contributed by atoms with van der Waals surface area (Å²) in [6.07, 6.45) is -0.477. The minimum Gasteiger partial charge on any atom is -0.362 e. The summed E-state index contributed by atoms with van der Waals surface area (Å²) in [5.74, 6) is 0. The highest BCUT2D eigenvalue weighted by Gasteiger charge is 2.08. The van der Waals surface area contributed by atoms with Crippen molar-refractivity contribution in [3.63, 3.8) is 0 Å². The molecule has 2 aromatic rings. The SMILES string of the molecule is CO[C@@H](C#N)c1ccc2ccccc2c1. The Labute approximate surface area is 88.7 Å². The fourth-order valence-electron chi connectivity index (χ4n) is 1.63. The van der Waals surface area contributed by atoms with Gasteiger partial charge in [0, 0.05) is 7.11 Å². The molecule has 2 heteroatoms. The zero-order valence-corrected chi connectivity index (χ0v) is 8.47. The molecule has 0 heterocycles. The van der Waals surface area contributed by atoms with E-state index in [1.807, 2.05) is 42.5 Å². The van der Waals surface area contributed by atoms with Crippen LogP contribution >= 0.6 is 0 Å². The number of fused-ring (bicyclic) bond motifs is 1. The maximum atomic E-state index is 8.88. The molecule has 74 valence electrons. The maximum absolute atomic E-state index is 8.88. The van der Waals surface area contributed by atoms with Crippen molar-refractivity contribution in [3.8, 4) is 6.07 Å². The Bertz CT molecular complexity index is 513. The van der Waals surface area contributed by atoms with Gasteiger partial charge in [0.05, 0.1) is 6.07 Å². The number of ether oxygens (including phenoxy) is 1. The number of nitrogens with zero attached hydrogens (tertiary/aromatic N) is 1. The lowest BCUT2D eigenvalue weighted by atomic mass is 10.0. The second kappa shape index (κ2) is 4.12. The van der Waals surface area contributed by atoms with Crippen molar-refractivity contribution in [2.75, 3.05) is 7.11 Å². The normalized spacial score (nSPS) is 12.3. The second-order valence-corrected chi connectivity index (χ2v) is 3.35. The summed E-state index contributed by atoms with van der Waals surface area (Å²) in [6.45, 7) is 0. The van der Waals surface area contributed by atoms with Crippen molar-refractivity contribution in [2.24, 2.45) is 0 Å². The van der Waals surface area contributed by atoms with Gasteiger partial charge in [-0.2, -0.15) is 5.26 Å². The van der Waals surface area contributed by atoms with Gasteiger partial charge in [0.25, 0.3) is 0 Å². The Morgan fingerprint density at radius 1 is 1.13 bits per heavy atom. The highest BCUT2D eigenvalue weighted by Crippen LogP contribution is 2.21. The molecule has 0 bridgehead atoms. The van der Waals surface area contributed by atoms with Gasteiger partial charge in [-0.25, -0.2) is 0 Å². The van der Waals surface area contributed by atoms with Crippen molar-refractivity contribution < 1.29 is 4.74 Å². The van der Waals surface area contributed by atoms with Gasteiger partial charge < -0.3 is 4.74 Å². The third-order valence-electron chi connectivity index (χ3n) is 2.43. The smallest absolute Gasteiger partial charge is 0.168 e. The van der Waals surface area contributed by atoms with Crippen molar-refractivity contribution >= 4 is 10.8 Å². The van der Waals surface area contributed by atoms with E-state index < -0.39 is 6.10 Å². The topological polar surface area (TPSA) is 33.0 Å². The van der Waals surface area contributed by atoms with Crippen molar-refractivity contribution in [2.45, 2.75) is 6.10 Å². The van der Waals surface area contributed by atoms with Crippen molar-refractivity contribution in [1.29, 1.82) is 5.26 Å². The summed E-state index contributed by atoms with van der Waals surface area (Å²) in [5, 5.41) is 11.2. The fourth-order valence-corrected chi connectivity index (χ4v) is 1.63. The third kappa shape index (κ3) is 1.83. The summed E-state index contributed by atoms with van der Waals surface area (Å²) in [6, 6.07) is 16.1. The van der Waals surface area contributed by atoms with E-state index in [0.717, 1.165) is 10.9 Å². The Morgan fingerprint density at radius 2 is 1.87 bits per heavy atom. The van der Waals surface area contributed by atoms with E-state index in [1.54, 1.807) is 7.11 Å². The van der Waals surface area contributed by atoms with E-state index in [2.05, 4.69) is 6.07 Å². The first-order chi connectivity index (χ1) is 7.35. The van der Waals surface area contributed by atoms with Crippen molar-refractivity contribution in [1.82, 2.24) is 0 Å². The van der Waals surface area contributed by atoms with Crippen LogP contribution in [0.4, 0.5) is 0 Å². The molecule has 0 fully saturated rings. The number of hydrogen-bond acceptors (Lipinski definition) is 2. The molecule has 0 aliphatic heterocycles. The van der Waals surface area contributed by atoms with Crippen LogP contribution in [0.3, 0.4) is 0 Å². The lowest BCUT2D eigenvalue weighted by Crippen LogP contribution is -1.97. The molecule has 0 radical (unpaired) electrons. The summed E-state index contributed by atoms with van der Waals surface area (Å²) in [5.41, 5.74) is 0.902. The molecule has 2 aromatic carbocycles. The summed E-state index contributed by atoms with van der Waals surface area (Å²) in [7, 11) is 1.54. The molecule has 0 saturated carbocycles. The average molecular weight is 197 g/mol. The van der Waals surface area contributed by atoms with Crippen LogP contribution in [0.15, 0.2) is 42.5 Å². The zero-order chi connectivity index (χ0) is 10.7. The van der Waals surface area contributed by atoms with E-state index in [4.69, 9.17) is 10.00 Å². The standard InChI is InChI=1S/C13H11NO/c1-15-13(9-14)12-7-6-10-4-2-3-5-11(10)8-12/h2-8,13H,1H3/t13-/m0/s1. The first-order valence-corrected chi connectivity index (χ1v) is 4.76. The number of rotatable bonds is 2. The molecular formula is C13H11NO. The van der Waals surface area contributed by atoms with E-state index in [0.29, 0.717) is 0 Å². The number of nitriles is 1. The predicted octanol–water partition coefficient (Wildman–Crippen LogP) is 3.05. The number of benzene rings is 2. The van der Waals surface area contributed by atoms with Gasteiger partial charge >= 0.3 is 0 Å². The molecule has 0 saturated heterocycles. The molecule has 0 unspecified atom stereocenters. The summed E-state index contributed by atoms with van der Waals surface area (Å²) in [4.78, 5) is 0. The van der Waals surface area contributed by atoms with Crippen LogP contribution in [0.1, 0.15) is 11.7 Å². The molecular weight excluding hydrogens is 186 g/mol. The zero-order valence-electron chi connectivity index (χ0n) is 8.47. The van der Waals surface area contributed by atoms with Crippen LogP contribution in [-0.2, 0) is 4.74 Å². The van der Waals surface area contributed by atoms with Crippen molar-refractivity contribution in [3.05, 3.63) is 48.0 Å². The maximum Gasteiger partial charge on any atom is 0.168 e. The van der Waals surface area contributed by atoms with Crippen LogP contribution < -0.4 is 0 Å². The molecule has 15 heavy (non-hydrogen) atoms. The minimum absolute atomic E-state index is 0.477.